The standard InChI is InChI=1S/C12H12N2O3/c13-7-11-8-14(4-5-17-11)12(16)9-2-1-3-10(15)6-9/h1-3,6,11,15H,4-5,8H2. The van der Waals surface area contributed by atoms with Crippen LogP contribution in [0.3, 0.4) is 0 Å². The number of hydrogen-bond donors (Lipinski definition) is 1. The van der Waals surface area contributed by atoms with Gasteiger partial charge in [0.25, 0.3) is 5.91 Å². The van der Waals surface area contributed by atoms with Gasteiger partial charge in [-0.25, -0.2) is 0 Å². The first-order valence-corrected chi connectivity index (χ1v) is 5.30. The molecule has 17 heavy (non-hydrogen) atoms. The average molecular weight is 232 g/mol. The number of phenolic OH excluding ortho intramolecular Hbond substituents is 1. The van der Waals surface area contributed by atoms with Crippen molar-refractivity contribution >= 4 is 5.91 Å². The third kappa shape index (κ3) is 2.55. The Kier molecular flexibility index (Phi) is 3.26. The van der Waals surface area contributed by atoms with E-state index in [4.69, 9.17) is 10.00 Å². The van der Waals surface area contributed by atoms with Gasteiger partial charge < -0.3 is 14.7 Å². The first kappa shape index (κ1) is 11.4. The number of carbonyl (C=O) groups is 1. The Hall–Kier alpha value is -2.06. The summed E-state index contributed by atoms with van der Waals surface area (Å²) in [7, 11) is 0. The topological polar surface area (TPSA) is 73.6 Å². The molecule has 0 spiro atoms. The fraction of sp³-hybridized carbons (Fsp3) is 0.333. The molecule has 1 aliphatic rings. The molecular weight excluding hydrogens is 220 g/mol. The molecular formula is C12H12N2O3. The molecule has 0 aliphatic carbocycles. The molecule has 1 heterocycles. The minimum atomic E-state index is -0.565. The van der Waals surface area contributed by atoms with Crippen LogP contribution >= 0.6 is 0 Å². The number of morpholine rings is 1. The molecule has 0 radical (unpaired) electrons. The molecule has 2 rings (SSSR count). The van der Waals surface area contributed by atoms with E-state index in [2.05, 4.69) is 0 Å². The third-order valence-electron chi connectivity index (χ3n) is 2.59. The number of phenols is 1. The summed E-state index contributed by atoms with van der Waals surface area (Å²) in [6, 6.07) is 8.16. The number of ether oxygens (including phenoxy) is 1. The van der Waals surface area contributed by atoms with Crippen molar-refractivity contribution in [3.8, 4) is 11.8 Å². The summed E-state index contributed by atoms with van der Waals surface area (Å²) in [5, 5.41) is 18.1. The van der Waals surface area contributed by atoms with Crippen LogP contribution in [0.5, 0.6) is 5.75 Å². The van der Waals surface area contributed by atoms with Crippen LogP contribution in [0.2, 0.25) is 0 Å². The van der Waals surface area contributed by atoms with E-state index in [9.17, 15) is 9.90 Å². The fourth-order valence-corrected chi connectivity index (χ4v) is 1.73. The molecule has 5 heteroatoms. The van der Waals surface area contributed by atoms with Crippen LogP contribution in [0.15, 0.2) is 24.3 Å². The Morgan fingerprint density at radius 3 is 3.12 bits per heavy atom. The quantitative estimate of drug-likeness (QED) is 0.775. The Balaban J connectivity index is 2.12. The highest BCUT2D eigenvalue weighted by Gasteiger charge is 2.24. The number of amides is 1. The summed E-state index contributed by atoms with van der Waals surface area (Å²) >= 11 is 0. The first-order chi connectivity index (χ1) is 8.20. The SMILES string of the molecule is N#CC1CN(C(=O)c2cccc(O)c2)CCO1. The second-order valence-corrected chi connectivity index (χ2v) is 3.79. The summed E-state index contributed by atoms with van der Waals surface area (Å²) < 4.78 is 5.16. The monoisotopic (exact) mass is 232 g/mol. The summed E-state index contributed by atoms with van der Waals surface area (Å²) in [6.07, 6.45) is -0.565. The molecule has 5 nitrogen and oxygen atoms in total. The predicted octanol–water partition coefficient (Wildman–Crippen LogP) is 0.757. The van der Waals surface area contributed by atoms with Crippen LogP contribution in [0.1, 0.15) is 10.4 Å². The van der Waals surface area contributed by atoms with E-state index in [1.165, 1.54) is 12.1 Å². The van der Waals surface area contributed by atoms with Gasteiger partial charge in [-0.15, -0.1) is 0 Å². The van der Waals surface area contributed by atoms with Crippen LogP contribution < -0.4 is 0 Å². The van der Waals surface area contributed by atoms with Crippen LogP contribution in [0.4, 0.5) is 0 Å². The molecule has 1 aromatic rings. The fourth-order valence-electron chi connectivity index (χ4n) is 1.73. The van der Waals surface area contributed by atoms with Gasteiger partial charge in [0.15, 0.2) is 6.10 Å². The van der Waals surface area contributed by atoms with Crippen molar-refractivity contribution in [1.82, 2.24) is 4.90 Å². The number of aromatic hydroxyl groups is 1. The van der Waals surface area contributed by atoms with Crippen LogP contribution in [-0.4, -0.2) is 41.7 Å². The van der Waals surface area contributed by atoms with Crippen LogP contribution in [-0.2, 0) is 4.74 Å². The first-order valence-electron chi connectivity index (χ1n) is 5.30. The van der Waals surface area contributed by atoms with Crippen molar-refractivity contribution in [3.05, 3.63) is 29.8 Å². The molecule has 88 valence electrons. The smallest absolute Gasteiger partial charge is 0.254 e. The lowest BCUT2D eigenvalue weighted by Crippen LogP contribution is -2.45. The number of nitrogens with zero attached hydrogens (tertiary/aromatic N) is 2. The molecule has 1 unspecified atom stereocenters. The number of hydrogen-bond acceptors (Lipinski definition) is 4. The molecule has 1 aliphatic heterocycles. The number of carbonyl (C=O) groups excluding carboxylic acids is 1. The highest BCUT2D eigenvalue weighted by atomic mass is 16.5. The molecule has 0 saturated carbocycles. The van der Waals surface area contributed by atoms with E-state index in [0.29, 0.717) is 18.7 Å². The van der Waals surface area contributed by atoms with E-state index in [1.807, 2.05) is 6.07 Å². The molecule has 1 amide bonds. The Morgan fingerprint density at radius 2 is 2.41 bits per heavy atom. The molecule has 0 bridgehead atoms. The van der Waals surface area contributed by atoms with Gasteiger partial charge >= 0.3 is 0 Å². The summed E-state index contributed by atoms with van der Waals surface area (Å²) in [5.74, 6) is -0.134. The molecule has 1 fully saturated rings. The zero-order valence-corrected chi connectivity index (χ0v) is 9.17. The highest BCUT2D eigenvalue weighted by molar-refractivity contribution is 5.94. The summed E-state index contributed by atoms with van der Waals surface area (Å²) in [6.45, 7) is 1.10. The van der Waals surface area contributed by atoms with E-state index in [1.54, 1.807) is 17.0 Å². The second kappa shape index (κ2) is 4.85. The van der Waals surface area contributed by atoms with E-state index in [0.717, 1.165) is 0 Å². The maximum atomic E-state index is 12.1. The van der Waals surface area contributed by atoms with Gasteiger partial charge in [-0.05, 0) is 18.2 Å². The van der Waals surface area contributed by atoms with Crippen molar-refractivity contribution in [2.45, 2.75) is 6.10 Å². The van der Waals surface area contributed by atoms with Gasteiger partial charge in [-0.2, -0.15) is 5.26 Å². The molecule has 1 N–H and O–H groups in total. The third-order valence-corrected chi connectivity index (χ3v) is 2.59. The molecule has 1 atom stereocenters. The zero-order valence-electron chi connectivity index (χ0n) is 9.17. The lowest BCUT2D eigenvalue weighted by molar-refractivity contribution is 0.00345. The lowest BCUT2D eigenvalue weighted by atomic mass is 10.1. The normalized spacial score (nSPS) is 19.7. The van der Waals surface area contributed by atoms with Gasteiger partial charge in [0.1, 0.15) is 5.75 Å². The van der Waals surface area contributed by atoms with Gasteiger partial charge in [-0.1, -0.05) is 6.07 Å². The zero-order chi connectivity index (χ0) is 12.3. The average Bonchev–Trinajstić information content (AvgIpc) is 2.38. The van der Waals surface area contributed by atoms with Crippen molar-refractivity contribution in [2.24, 2.45) is 0 Å². The lowest BCUT2D eigenvalue weighted by Gasteiger charge is -2.29. The Bertz CT molecular complexity index is 467. The maximum Gasteiger partial charge on any atom is 0.254 e. The van der Waals surface area contributed by atoms with Crippen molar-refractivity contribution in [1.29, 1.82) is 5.26 Å². The van der Waals surface area contributed by atoms with Crippen molar-refractivity contribution in [3.63, 3.8) is 0 Å². The second-order valence-electron chi connectivity index (χ2n) is 3.79. The molecule has 1 aromatic carbocycles. The largest absolute Gasteiger partial charge is 0.508 e. The predicted molar refractivity (Wildman–Crippen MR) is 59.4 cm³/mol. The molecule has 0 aromatic heterocycles. The summed E-state index contributed by atoms with van der Waals surface area (Å²) in [5.41, 5.74) is 0.420. The highest BCUT2D eigenvalue weighted by Crippen LogP contribution is 2.15. The van der Waals surface area contributed by atoms with Gasteiger partial charge in [0.05, 0.1) is 19.2 Å². The van der Waals surface area contributed by atoms with Crippen LogP contribution in [0.25, 0.3) is 0 Å². The minimum Gasteiger partial charge on any atom is -0.508 e. The number of benzene rings is 1. The van der Waals surface area contributed by atoms with Crippen molar-refractivity contribution < 1.29 is 14.6 Å². The van der Waals surface area contributed by atoms with E-state index >= 15 is 0 Å². The van der Waals surface area contributed by atoms with Crippen molar-refractivity contribution in [2.75, 3.05) is 19.7 Å². The Morgan fingerprint density at radius 1 is 1.59 bits per heavy atom. The molecule has 1 saturated heterocycles. The maximum absolute atomic E-state index is 12.1. The number of rotatable bonds is 1. The van der Waals surface area contributed by atoms with Gasteiger partial charge in [-0.3, -0.25) is 4.79 Å². The minimum absolute atomic E-state index is 0.0564. The van der Waals surface area contributed by atoms with Gasteiger partial charge in [0.2, 0.25) is 0 Å². The van der Waals surface area contributed by atoms with Crippen LogP contribution in [0, 0.1) is 11.3 Å². The van der Waals surface area contributed by atoms with E-state index in [-0.39, 0.29) is 18.2 Å². The van der Waals surface area contributed by atoms with E-state index < -0.39 is 6.10 Å². The Labute approximate surface area is 98.8 Å². The van der Waals surface area contributed by atoms with Gasteiger partial charge in [0, 0.05) is 12.1 Å². The summed E-state index contributed by atoms with van der Waals surface area (Å²) in [4.78, 5) is 13.6. The number of nitriles is 1.